The summed E-state index contributed by atoms with van der Waals surface area (Å²) in [5.74, 6) is 0.538. The van der Waals surface area contributed by atoms with Gasteiger partial charge in [0.25, 0.3) is 0 Å². The van der Waals surface area contributed by atoms with Gasteiger partial charge in [0.05, 0.1) is 5.75 Å². The van der Waals surface area contributed by atoms with Gasteiger partial charge in [-0.2, -0.15) is 0 Å². The van der Waals surface area contributed by atoms with Gasteiger partial charge in [-0.05, 0) is 42.7 Å². The summed E-state index contributed by atoms with van der Waals surface area (Å²) < 4.78 is 13.0. The molecule has 0 saturated heterocycles. The van der Waals surface area contributed by atoms with Crippen molar-refractivity contribution in [1.29, 1.82) is 0 Å². The van der Waals surface area contributed by atoms with Crippen molar-refractivity contribution >= 4 is 17.5 Å². The minimum absolute atomic E-state index is 0.214. The van der Waals surface area contributed by atoms with Crippen LogP contribution in [-0.2, 0) is 11.2 Å². The van der Waals surface area contributed by atoms with Gasteiger partial charge in [0.1, 0.15) is 11.6 Å². The van der Waals surface area contributed by atoms with E-state index < -0.39 is 0 Å². The summed E-state index contributed by atoms with van der Waals surface area (Å²) in [4.78, 5) is 12.9. The molecule has 1 nitrogen and oxygen atoms in total. The highest BCUT2D eigenvalue weighted by Crippen LogP contribution is 2.18. The molecule has 0 fully saturated rings. The van der Waals surface area contributed by atoms with Crippen LogP contribution in [0.1, 0.15) is 18.4 Å². The number of carbonyl (C=O) groups excluding carboxylic acids is 1. The first-order chi connectivity index (χ1) is 9.74. The fourth-order valence-electron chi connectivity index (χ4n) is 1.93. The molecule has 2 rings (SSSR count). The molecule has 0 aliphatic rings. The summed E-state index contributed by atoms with van der Waals surface area (Å²) in [5.41, 5.74) is 0.952. The Hall–Kier alpha value is -1.61. The predicted molar refractivity (Wildman–Crippen MR) is 81.5 cm³/mol. The first kappa shape index (κ1) is 14.8. The van der Waals surface area contributed by atoms with E-state index in [1.165, 1.54) is 12.1 Å². The lowest BCUT2D eigenvalue weighted by Crippen LogP contribution is -2.02. The van der Waals surface area contributed by atoms with Crippen molar-refractivity contribution in [3.05, 3.63) is 66.0 Å². The van der Waals surface area contributed by atoms with Crippen molar-refractivity contribution in [3.8, 4) is 0 Å². The Balaban J connectivity index is 1.68. The Bertz CT molecular complexity index is 554. The van der Waals surface area contributed by atoms with Crippen molar-refractivity contribution in [2.75, 3.05) is 5.75 Å². The summed E-state index contributed by atoms with van der Waals surface area (Å²) in [7, 11) is 0. The summed E-state index contributed by atoms with van der Waals surface area (Å²) in [6.07, 6.45) is 2.08. The Kier molecular flexibility index (Phi) is 5.81. The number of hydrogen-bond acceptors (Lipinski definition) is 2. The van der Waals surface area contributed by atoms with Crippen LogP contribution >= 0.6 is 11.8 Å². The van der Waals surface area contributed by atoms with Gasteiger partial charge in [0.15, 0.2) is 0 Å². The number of ketones is 1. The van der Waals surface area contributed by atoms with Crippen LogP contribution in [0.3, 0.4) is 0 Å². The molecule has 0 heterocycles. The molecule has 20 heavy (non-hydrogen) atoms. The third-order valence-electron chi connectivity index (χ3n) is 2.95. The SMILES string of the molecule is O=C(CCCc1cccc(F)c1)CSc1ccccc1. The zero-order chi connectivity index (χ0) is 14.2. The lowest BCUT2D eigenvalue weighted by molar-refractivity contribution is -0.116. The number of thioether (sulfide) groups is 1. The fourth-order valence-corrected chi connectivity index (χ4v) is 2.76. The molecule has 0 aliphatic heterocycles. The summed E-state index contributed by atoms with van der Waals surface area (Å²) in [6.45, 7) is 0. The van der Waals surface area contributed by atoms with Gasteiger partial charge in [0.2, 0.25) is 0 Å². The maximum Gasteiger partial charge on any atom is 0.143 e. The molecule has 0 aliphatic carbocycles. The second-order valence-electron chi connectivity index (χ2n) is 4.62. The smallest absolute Gasteiger partial charge is 0.143 e. The van der Waals surface area contributed by atoms with Gasteiger partial charge in [-0.15, -0.1) is 11.8 Å². The van der Waals surface area contributed by atoms with Crippen LogP contribution in [0.5, 0.6) is 0 Å². The summed E-state index contributed by atoms with van der Waals surface area (Å²) in [5, 5.41) is 0. The van der Waals surface area contributed by atoms with Gasteiger partial charge in [-0.3, -0.25) is 4.79 Å². The van der Waals surface area contributed by atoms with Crippen molar-refractivity contribution in [2.45, 2.75) is 24.2 Å². The highest BCUT2D eigenvalue weighted by atomic mass is 32.2. The molecule has 0 radical (unpaired) electrons. The molecule has 0 spiro atoms. The molecule has 3 heteroatoms. The van der Waals surface area contributed by atoms with E-state index in [1.54, 1.807) is 17.8 Å². The van der Waals surface area contributed by atoms with E-state index in [0.717, 1.165) is 23.3 Å². The third-order valence-corrected chi connectivity index (χ3v) is 4.02. The Morgan fingerprint density at radius 1 is 1.05 bits per heavy atom. The minimum atomic E-state index is -0.214. The van der Waals surface area contributed by atoms with Crippen LogP contribution in [0.2, 0.25) is 0 Å². The molecule has 2 aromatic carbocycles. The first-order valence-corrected chi connectivity index (χ1v) is 7.66. The third kappa shape index (κ3) is 5.17. The quantitative estimate of drug-likeness (QED) is 0.697. The monoisotopic (exact) mass is 288 g/mol. The van der Waals surface area contributed by atoms with E-state index >= 15 is 0 Å². The van der Waals surface area contributed by atoms with Crippen LogP contribution in [-0.4, -0.2) is 11.5 Å². The van der Waals surface area contributed by atoms with Crippen LogP contribution in [0.15, 0.2) is 59.5 Å². The van der Waals surface area contributed by atoms with E-state index in [-0.39, 0.29) is 11.6 Å². The molecular weight excluding hydrogens is 271 g/mol. The number of hydrogen-bond donors (Lipinski definition) is 0. The predicted octanol–water partition coefficient (Wildman–Crippen LogP) is 4.51. The highest BCUT2D eigenvalue weighted by Gasteiger charge is 2.04. The zero-order valence-corrected chi connectivity index (χ0v) is 12.0. The van der Waals surface area contributed by atoms with Crippen LogP contribution < -0.4 is 0 Å². The molecule has 0 atom stereocenters. The van der Waals surface area contributed by atoms with Crippen LogP contribution in [0, 0.1) is 5.82 Å². The number of Topliss-reactive ketones (excluding diaryl/α,β-unsaturated/α-hetero) is 1. The second-order valence-corrected chi connectivity index (χ2v) is 5.67. The van der Waals surface area contributed by atoms with Crippen molar-refractivity contribution in [2.24, 2.45) is 0 Å². The van der Waals surface area contributed by atoms with Crippen molar-refractivity contribution < 1.29 is 9.18 Å². The van der Waals surface area contributed by atoms with Gasteiger partial charge in [-0.1, -0.05) is 30.3 Å². The van der Waals surface area contributed by atoms with Gasteiger partial charge in [0, 0.05) is 11.3 Å². The normalized spacial score (nSPS) is 10.4. The number of halogens is 1. The average molecular weight is 288 g/mol. The van der Waals surface area contributed by atoms with Gasteiger partial charge >= 0.3 is 0 Å². The Labute approximate surface area is 123 Å². The summed E-state index contributed by atoms with van der Waals surface area (Å²) >= 11 is 1.57. The number of benzene rings is 2. The molecule has 104 valence electrons. The first-order valence-electron chi connectivity index (χ1n) is 6.68. The average Bonchev–Trinajstić information content (AvgIpc) is 2.46. The molecule has 0 unspecified atom stereocenters. The Morgan fingerprint density at radius 3 is 2.60 bits per heavy atom. The second kappa shape index (κ2) is 7.85. The molecular formula is C17H17FOS. The largest absolute Gasteiger partial charge is 0.299 e. The maximum absolute atomic E-state index is 13.0. The molecule has 0 aromatic heterocycles. The number of carbonyl (C=O) groups is 1. The zero-order valence-electron chi connectivity index (χ0n) is 11.2. The van der Waals surface area contributed by atoms with E-state index in [2.05, 4.69) is 0 Å². The number of aryl methyl sites for hydroxylation is 1. The van der Waals surface area contributed by atoms with E-state index in [1.807, 2.05) is 36.4 Å². The molecule has 0 N–H and O–H groups in total. The summed E-state index contributed by atoms with van der Waals surface area (Å²) in [6, 6.07) is 16.5. The lowest BCUT2D eigenvalue weighted by atomic mass is 10.1. The van der Waals surface area contributed by atoms with Gasteiger partial charge in [-0.25, -0.2) is 4.39 Å². The fraction of sp³-hybridized carbons (Fsp3) is 0.235. The maximum atomic E-state index is 13.0. The van der Waals surface area contributed by atoms with Crippen LogP contribution in [0.4, 0.5) is 4.39 Å². The van der Waals surface area contributed by atoms with Crippen molar-refractivity contribution in [3.63, 3.8) is 0 Å². The minimum Gasteiger partial charge on any atom is -0.299 e. The molecule has 0 saturated carbocycles. The topological polar surface area (TPSA) is 17.1 Å². The van der Waals surface area contributed by atoms with E-state index in [9.17, 15) is 9.18 Å². The highest BCUT2D eigenvalue weighted by molar-refractivity contribution is 8.00. The standard InChI is InChI=1S/C17H17FOS/c18-15-8-4-6-14(12-15)7-5-9-16(19)13-20-17-10-2-1-3-11-17/h1-4,6,8,10-12H,5,7,9,13H2. The number of rotatable bonds is 7. The van der Waals surface area contributed by atoms with Crippen LogP contribution in [0.25, 0.3) is 0 Å². The molecule has 0 bridgehead atoms. The van der Waals surface area contributed by atoms with Crippen molar-refractivity contribution in [1.82, 2.24) is 0 Å². The Morgan fingerprint density at radius 2 is 1.85 bits per heavy atom. The van der Waals surface area contributed by atoms with Gasteiger partial charge < -0.3 is 0 Å². The van der Waals surface area contributed by atoms with E-state index in [4.69, 9.17) is 0 Å². The molecule has 2 aromatic rings. The lowest BCUT2D eigenvalue weighted by Gasteiger charge is -2.03. The molecule has 0 amide bonds. The van der Waals surface area contributed by atoms with E-state index in [0.29, 0.717) is 12.2 Å².